The van der Waals surface area contributed by atoms with Crippen molar-refractivity contribution < 1.29 is 0 Å². The minimum absolute atomic E-state index is 0.473. The van der Waals surface area contributed by atoms with E-state index in [9.17, 15) is 0 Å². The zero-order valence-electron chi connectivity index (χ0n) is 21.8. The number of rotatable bonds is 2. The van der Waals surface area contributed by atoms with Gasteiger partial charge in [0.2, 0.25) is 0 Å². The van der Waals surface area contributed by atoms with Crippen molar-refractivity contribution in [2.75, 3.05) is 0 Å². The third kappa shape index (κ3) is 3.57. The third-order valence-corrected chi connectivity index (χ3v) is 9.57. The van der Waals surface area contributed by atoms with E-state index in [1.165, 1.54) is 43.5 Å². The Morgan fingerprint density at radius 1 is 0.667 bits per heavy atom. The average molecular weight is 519 g/mol. The van der Waals surface area contributed by atoms with Crippen LogP contribution in [0.4, 0.5) is 0 Å². The fraction of sp³-hybridized carbons (Fsp3) is 0.111. The van der Waals surface area contributed by atoms with Crippen LogP contribution < -0.4 is 0 Å². The summed E-state index contributed by atoms with van der Waals surface area (Å²) in [4.78, 5) is 11.6. The van der Waals surface area contributed by atoms with Crippen LogP contribution in [0, 0.1) is 13.8 Å². The summed E-state index contributed by atoms with van der Waals surface area (Å²) in [6, 6.07) is 28.9. The van der Waals surface area contributed by atoms with Crippen molar-refractivity contribution in [1.82, 2.24) is 9.97 Å². The zero-order chi connectivity index (χ0) is 26.1. The Labute approximate surface area is 232 Å². The molecule has 5 aromatic carbocycles. The summed E-state index contributed by atoms with van der Waals surface area (Å²) in [6.07, 6.45) is 10.9. The smallest absolute Gasteiger partial charge is 0.0979 e. The topological polar surface area (TPSA) is 25.8 Å². The lowest BCUT2D eigenvalue weighted by atomic mass is 9.90. The van der Waals surface area contributed by atoms with Crippen molar-refractivity contribution in [3.05, 3.63) is 126 Å². The van der Waals surface area contributed by atoms with Crippen molar-refractivity contribution in [2.24, 2.45) is 0 Å². The monoisotopic (exact) mass is 518 g/mol. The molecule has 2 unspecified atom stereocenters. The van der Waals surface area contributed by atoms with Gasteiger partial charge in [0.15, 0.2) is 0 Å². The molecular weight excluding hydrogens is 492 g/mol. The Balaban J connectivity index is 1.24. The van der Waals surface area contributed by atoms with E-state index in [2.05, 4.69) is 117 Å². The molecular formula is C36H26N2S. The molecule has 186 valence electrons. The summed E-state index contributed by atoms with van der Waals surface area (Å²) in [5.41, 5.74) is 10.4. The molecule has 0 spiro atoms. The van der Waals surface area contributed by atoms with Gasteiger partial charge in [-0.15, -0.1) is 11.8 Å². The largest absolute Gasteiger partial charge is 0.252 e. The number of aryl methyl sites for hydroxylation is 2. The summed E-state index contributed by atoms with van der Waals surface area (Å²) >= 11 is 1.99. The lowest BCUT2D eigenvalue weighted by Crippen LogP contribution is -2.06. The Hall–Kier alpha value is -4.21. The second kappa shape index (κ2) is 8.65. The molecule has 2 atom stereocenters. The quantitative estimate of drug-likeness (QED) is 0.213. The number of hydrogen-bond acceptors (Lipinski definition) is 3. The first-order chi connectivity index (χ1) is 19.1. The molecule has 2 aliphatic rings. The number of nitrogens with zero attached hydrogens (tertiary/aromatic N) is 2. The van der Waals surface area contributed by atoms with Crippen LogP contribution in [0.2, 0.25) is 0 Å². The molecule has 1 aliphatic carbocycles. The maximum atomic E-state index is 5.20. The van der Waals surface area contributed by atoms with Gasteiger partial charge < -0.3 is 0 Å². The van der Waals surface area contributed by atoms with Crippen LogP contribution in [0.25, 0.3) is 55.0 Å². The van der Waals surface area contributed by atoms with E-state index in [1.807, 2.05) is 18.0 Å². The molecule has 8 rings (SSSR count). The van der Waals surface area contributed by atoms with Gasteiger partial charge in [-0.05, 0) is 41.3 Å². The van der Waals surface area contributed by atoms with Crippen LogP contribution >= 0.6 is 11.8 Å². The lowest BCUT2D eigenvalue weighted by molar-refractivity contribution is 0.881. The standard InChI is InChI=1S/C36H26N2S/c1-21-10-16-27-30(18-21)31-19-22(2)11-17-28(31)35-34(27)37-20-32(38-35)24-14-12-23(13-15-24)25-7-5-8-29-26-6-3-4-9-33(26)39-36(25)29/h3-20,26,33H,1-2H3. The maximum absolute atomic E-state index is 5.20. The maximum Gasteiger partial charge on any atom is 0.0979 e. The molecule has 39 heavy (non-hydrogen) atoms. The minimum Gasteiger partial charge on any atom is -0.252 e. The van der Waals surface area contributed by atoms with Crippen LogP contribution in [0.3, 0.4) is 0 Å². The molecule has 0 amide bonds. The molecule has 3 heteroatoms. The Kier molecular flexibility index (Phi) is 5.05. The van der Waals surface area contributed by atoms with Crippen LogP contribution in [0.15, 0.2) is 114 Å². The van der Waals surface area contributed by atoms with Gasteiger partial charge in [-0.3, -0.25) is 4.98 Å². The van der Waals surface area contributed by atoms with Gasteiger partial charge >= 0.3 is 0 Å². The third-order valence-electron chi connectivity index (χ3n) is 8.16. The van der Waals surface area contributed by atoms with E-state index in [1.54, 1.807) is 0 Å². The first-order valence-corrected chi connectivity index (χ1v) is 14.4. The Morgan fingerprint density at radius 3 is 2.13 bits per heavy atom. The summed E-state index contributed by atoms with van der Waals surface area (Å²) in [7, 11) is 0. The van der Waals surface area contributed by atoms with Crippen LogP contribution in [0.1, 0.15) is 22.6 Å². The van der Waals surface area contributed by atoms with Crippen LogP contribution in [-0.4, -0.2) is 15.2 Å². The molecule has 0 N–H and O–H groups in total. The first-order valence-electron chi connectivity index (χ1n) is 13.5. The van der Waals surface area contributed by atoms with Crippen molar-refractivity contribution in [1.29, 1.82) is 0 Å². The SMILES string of the molecule is Cc1ccc2c(c1)c1cc(C)ccc1c1nc(-c3ccc(-c4cccc5c4SC4C=CC=CC54)cc3)cnc21. The van der Waals surface area contributed by atoms with Gasteiger partial charge in [0.1, 0.15) is 0 Å². The highest BCUT2D eigenvalue weighted by molar-refractivity contribution is 8.00. The van der Waals surface area contributed by atoms with Crippen molar-refractivity contribution in [3.8, 4) is 22.4 Å². The highest BCUT2D eigenvalue weighted by Crippen LogP contribution is 2.51. The van der Waals surface area contributed by atoms with Gasteiger partial charge in [-0.25, -0.2) is 4.98 Å². The van der Waals surface area contributed by atoms with Gasteiger partial charge in [0.05, 0.1) is 22.9 Å². The highest BCUT2D eigenvalue weighted by Gasteiger charge is 2.32. The molecule has 2 heterocycles. The molecule has 0 fully saturated rings. The number of thioether (sulfide) groups is 1. The normalized spacial score (nSPS) is 17.7. The number of allylic oxidation sites excluding steroid dienone is 3. The van der Waals surface area contributed by atoms with Crippen LogP contribution in [0.5, 0.6) is 0 Å². The van der Waals surface area contributed by atoms with E-state index in [0.29, 0.717) is 11.2 Å². The summed E-state index contributed by atoms with van der Waals surface area (Å²) in [5.74, 6) is 0.473. The second-order valence-electron chi connectivity index (χ2n) is 10.7. The molecule has 0 saturated heterocycles. The molecule has 0 bridgehead atoms. The van der Waals surface area contributed by atoms with Gasteiger partial charge in [0.25, 0.3) is 0 Å². The van der Waals surface area contributed by atoms with Crippen molar-refractivity contribution >= 4 is 44.3 Å². The molecule has 0 radical (unpaired) electrons. The fourth-order valence-corrected chi connectivity index (χ4v) is 7.68. The molecule has 2 nitrogen and oxygen atoms in total. The van der Waals surface area contributed by atoms with Gasteiger partial charge in [-0.2, -0.15) is 0 Å². The van der Waals surface area contributed by atoms with Crippen LogP contribution in [-0.2, 0) is 0 Å². The Bertz CT molecular complexity index is 2020. The molecule has 1 aromatic heterocycles. The lowest BCUT2D eigenvalue weighted by Gasteiger charge is -2.14. The van der Waals surface area contributed by atoms with E-state index in [-0.39, 0.29) is 0 Å². The molecule has 6 aromatic rings. The first kappa shape index (κ1) is 22.7. The highest BCUT2D eigenvalue weighted by atomic mass is 32.2. The minimum atomic E-state index is 0.473. The van der Waals surface area contributed by atoms with E-state index >= 15 is 0 Å². The van der Waals surface area contributed by atoms with E-state index in [4.69, 9.17) is 9.97 Å². The van der Waals surface area contributed by atoms with E-state index < -0.39 is 0 Å². The number of hydrogen-bond donors (Lipinski definition) is 0. The second-order valence-corrected chi connectivity index (χ2v) is 11.9. The fourth-order valence-electron chi connectivity index (χ4n) is 6.20. The molecule has 1 aliphatic heterocycles. The molecule has 0 saturated carbocycles. The van der Waals surface area contributed by atoms with E-state index in [0.717, 1.165) is 33.1 Å². The number of fused-ring (bicyclic) bond motifs is 9. The number of benzene rings is 5. The summed E-state index contributed by atoms with van der Waals surface area (Å²) in [5, 5.41) is 5.29. The Morgan fingerprint density at radius 2 is 1.36 bits per heavy atom. The predicted molar refractivity (Wildman–Crippen MR) is 166 cm³/mol. The van der Waals surface area contributed by atoms with Crippen molar-refractivity contribution in [3.63, 3.8) is 0 Å². The van der Waals surface area contributed by atoms with Crippen molar-refractivity contribution in [2.45, 2.75) is 29.9 Å². The van der Waals surface area contributed by atoms with Gasteiger partial charge in [-0.1, -0.05) is 114 Å². The predicted octanol–water partition coefficient (Wildman–Crippen LogP) is 9.57. The van der Waals surface area contributed by atoms with Gasteiger partial charge in [0, 0.05) is 32.4 Å². The number of aromatic nitrogens is 2. The summed E-state index contributed by atoms with van der Waals surface area (Å²) in [6.45, 7) is 4.30. The zero-order valence-corrected chi connectivity index (χ0v) is 22.7. The summed E-state index contributed by atoms with van der Waals surface area (Å²) < 4.78 is 0. The average Bonchev–Trinajstić information content (AvgIpc) is 3.36.